The average molecular weight is 270 g/mol. The third-order valence-electron chi connectivity index (χ3n) is 1.82. The number of halogens is 4. The maximum absolute atomic E-state index is 12.5. The summed E-state index contributed by atoms with van der Waals surface area (Å²) >= 11 is 5.49. The molecule has 7 heteroatoms. The minimum absolute atomic E-state index is 0.172. The Kier molecular flexibility index (Phi) is 4.59. The number of rotatable bonds is 4. The highest BCUT2D eigenvalue weighted by Crippen LogP contribution is 2.32. The number of aromatic nitrogens is 1. The Morgan fingerprint density at radius 3 is 2.59 bits per heavy atom. The summed E-state index contributed by atoms with van der Waals surface area (Å²) in [6.07, 6.45) is -4.89. The molecule has 1 aromatic rings. The number of pyridine rings is 1. The summed E-state index contributed by atoms with van der Waals surface area (Å²) in [4.78, 5) is 3.66. The number of methoxy groups -OCH3 is 1. The van der Waals surface area contributed by atoms with E-state index in [2.05, 4.69) is 4.98 Å². The van der Waals surface area contributed by atoms with Crippen LogP contribution < -0.4 is 4.74 Å². The van der Waals surface area contributed by atoms with E-state index in [-0.39, 0.29) is 17.6 Å². The summed E-state index contributed by atoms with van der Waals surface area (Å²) in [5.41, 5.74) is -0.892. The van der Waals surface area contributed by atoms with Crippen molar-refractivity contribution in [2.24, 2.45) is 0 Å². The van der Waals surface area contributed by atoms with Crippen molar-refractivity contribution >= 4 is 11.6 Å². The van der Waals surface area contributed by atoms with Crippen molar-refractivity contribution in [2.45, 2.75) is 19.2 Å². The molecule has 1 aromatic heterocycles. The zero-order valence-corrected chi connectivity index (χ0v) is 9.97. The Balaban J connectivity index is 2.90. The Hall–Kier alpha value is -1.01. The molecule has 0 bridgehead atoms. The molecule has 1 heterocycles. The molecule has 0 spiro atoms. The molecule has 1 unspecified atom stereocenters. The standard InChI is InChI=1S/C10H11ClF3NO2/c1-6(5-16-2)17-9-4-7(10(12,13)14)3-8(11)15-9/h3-4,6H,5H2,1-2H3. The quantitative estimate of drug-likeness (QED) is 0.787. The van der Waals surface area contributed by atoms with Gasteiger partial charge in [-0.1, -0.05) is 11.6 Å². The molecular weight excluding hydrogens is 259 g/mol. The molecule has 0 aliphatic heterocycles. The van der Waals surface area contributed by atoms with Gasteiger partial charge in [-0.25, -0.2) is 4.98 Å². The van der Waals surface area contributed by atoms with Crippen LogP contribution in [0.3, 0.4) is 0 Å². The van der Waals surface area contributed by atoms with Gasteiger partial charge in [-0.2, -0.15) is 13.2 Å². The predicted octanol–water partition coefficient (Wildman–Crippen LogP) is 3.17. The molecule has 0 aliphatic carbocycles. The van der Waals surface area contributed by atoms with Gasteiger partial charge in [-0.15, -0.1) is 0 Å². The maximum atomic E-state index is 12.5. The van der Waals surface area contributed by atoms with E-state index in [1.54, 1.807) is 6.92 Å². The Morgan fingerprint density at radius 2 is 2.06 bits per heavy atom. The summed E-state index contributed by atoms with van der Waals surface area (Å²) in [6, 6.07) is 1.55. The van der Waals surface area contributed by atoms with Crippen molar-refractivity contribution in [3.8, 4) is 5.88 Å². The second-order valence-corrected chi connectivity index (χ2v) is 3.79. The van der Waals surface area contributed by atoms with E-state index >= 15 is 0 Å². The molecule has 0 saturated heterocycles. The number of hydrogen-bond donors (Lipinski definition) is 0. The first-order valence-electron chi connectivity index (χ1n) is 4.73. The van der Waals surface area contributed by atoms with Crippen LogP contribution in [0.1, 0.15) is 12.5 Å². The SMILES string of the molecule is COCC(C)Oc1cc(C(F)(F)F)cc(Cl)n1. The lowest BCUT2D eigenvalue weighted by molar-refractivity contribution is -0.137. The monoisotopic (exact) mass is 269 g/mol. The summed E-state index contributed by atoms with van der Waals surface area (Å²) in [5, 5.41) is -0.264. The van der Waals surface area contributed by atoms with E-state index in [0.717, 1.165) is 12.1 Å². The van der Waals surface area contributed by atoms with Crippen LogP contribution in [0, 0.1) is 0 Å². The van der Waals surface area contributed by atoms with Crippen molar-refractivity contribution in [2.75, 3.05) is 13.7 Å². The van der Waals surface area contributed by atoms with E-state index in [4.69, 9.17) is 21.1 Å². The fraction of sp³-hybridized carbons (Fsp3) is 0.500. The van der Waals surface area contributed by atoms with Crippen molar-refractivity contribution < 1.29 is 22.6 Å². The van der Waals surface area contributed by atoms with Crippen LogP contribution in [-0.4, -0.2) is 24.8 Å². The minimum atomic E-state index is -4.48. The Bertz CT molecular complexity index is 384. The number of alkyl halides is 3. The zero-order valence-electron chi connectivity index (χ0n) is 9.21. The lowest BCUT2D eigenvalue weighted by Crippen LogP contribution is -2.19. The molecule has 1 rings (SSSR count). The van der Waals surface area contributed by atoms with Crippen LogP contribution in [0.2, 0.25) is 5.15 Å². The maximum Gasteiger partial charge on any atom is 0.416 e. The first kappa shape index (κ1) is 14.1. The van der Waals surface area contributed by atoms with E-state index < -0.39 is 17.8 Å². The van der Waals surface area contributed by atoms with Crippen LogP contribution in [-0.2, 0) is 10.9 Å². The molecule has 96 valence electrons. The smallest absolute Gasteiger partial charge is 0.416 e. The first-order valence-corrected chi connectivity index (χ1v) is 5.11. The molecule has 17 heavy (non-hydrogen) atoms. The van der Waals surface area contributed by atoms with Gasteiger partial charge in [-0.3, -0.25) is 0 Å². The molecule has 0 radical (unpaired) electrons. The van der Waals surface area contributed by atoms with E-state index in [9.17, 15) is 13.2 Å². The number of hydrogen-bond acceptors (Lipinski definition) is 3. The van der Waals surface area contributed by atoms with Gasteiger partial charge in [-0.05, 0) is 13.0 Å². The van der Waals surface area contributed by atoms with Gasteiger partial charge in [0.15, 0.2) is 0 Å². The molecule has 0 N–H and O–H groups in total. The zero-order chi connectivity index (χ0) is 13.1. The van der Waals surface area contributed by atoms with Crippen molar-refractivity contribution in [1.29, 1.82) is 0 Å². The number of ether oxygens (including phenoxy) is 2. The van der Waals surface area contributed by atoms with Crippen LogP contribution in [0.15, 0.2) is 12.1 Å². The van der Waals surface area contributed by atoms with Gasteiger partial charge in [0.2, 0.25) is 5.88 Å². The summed E-state index contributed by atoms with van der Waals surface area (Å²) in [6.45, 7) is 1.90. The molecule has 1 atom stereocenters. The largest absolute Gasteiger partial charge is 0.472 e. The van der Waals surface area contributed by atoms with Gasteiger partial charge < -0.3 is 9.47 Å². The Labute approximate surface area is 102 Å². The number of nitrogens with zero attached hydrogens (tertiary/aromatic N) is 1. The van der Waals surface area contributed by atoms with Crippen LogP contribution in [0.25, 0.3) is 0 Å². The highest BCUT2D eigenvalue weighted by molar-refractivity contribution is 6.29. The molecular formula is C10H11ClF3NO2. The van der Waals surface area contributed by atoms with Crippen molar-refractivity contribution in [3.05, 3.63) is 22.8 Å². The summed E-state index contributed by atoms with van der Waals surface area (Å²) in [5.74, 6) is -0.172. The van der Waals surface area contributed by atoms with Crippen molar-refractivity contribution in [1.82, 2.24) is 4.98 Å². The second-order valence-electron chi connectivity index (χ2n) is 3.40. The topological polar surface area (TPSA) is 31.4 Å². The highest BCUT2D eigenvalue weighted by Gasteiger charge is 2.32. The first-order chi connectivity index (χ1) is 7.82. The lowest BCUT2D eigenvalue weighted by Gasteiger charge is -2.14. The van der Waals surface area contributed by atoms with E-state index in [1.807, 2.05) is 0 Å². The van der Waals surface area contributed by atoms with Gasteiger partial charge >= 0.3 is 6.18 Å². The molecule has 0 saturated carbocycles. The van der Waals surface area contributed by atoms with Crippen molar-refractivity contribution in [3.63, 3.8) is 0 Å². The lowest BCUT2D eigenvalue weighted by atomic mass is 10.2. The van der Waals surface area contributed by atoms with Gasteiger partial charge in [0.25, 0.3) is 0 Å². The van der Waals surface area contributed by atoms with Gasteiger partial charge in [0, 0.05) is 13.2 Å². The van der Waals surface area contributed by atoms with E-state index in [0.29, 0.717) is 0 Å². The predicted molar refractivity (Wildman–Crippen MR) is 56.2 cm³/mol. The fourth-order valence-electron chi connectivity index (χ4n) is 1.17. The average Bonchev–Trinajstić information content (AvgIpc) is 2.15. The molecule has 0 aliphatic rings. The van der Waals surface area contributed by atoms with Gasteiger partial charge in [0.1, 0.15) is 11.3 Å². The molecule has 0 fully saturated rings. The third-order valence-corrected chi connectivity index (χ3v) is 2.01. The minimum Gasteiger partial charge on any atom is -0.472 e. The summed E-state index contributed by atoms with van der Waals surface area (Å²) < 4.78 is 47.3. The summed E-state index contributed by atoms with van der Waals surface area (Å²) in [7, 11) is 1.46. The normalized spacial score (nSPS) is 13.5. The molecule has 0 aromatic carbocycles. The van der Waals surface area contributed by atoms with E-state index in [1.165, 1.54) is 7.11 Å². The van der Waals surface area contributed by atoms with Crippen LogP contribution in [0.5, 0.6) is 5.88 Å². The van der Waals surface area contributed by atoms with Crippen LogP contribution >= 0.6 is 11.6 Å². The molecule has 3 nitrogen and oxygen atoms in total. The third kappa shape index (κ3) is 4.40. The second kappa shape index (κ2) is 5.55. The molecule has 0 amide bonds. The fourth-order valence-corrected chi connectivity index (χ4v) is 1.37. The van der Waals surface area contributed by atoms with Gasteiger partial charge in [0.05, 0.1) is 12.2 Å². The Morgan fingerprint density at radius 1 is 1.41 bits per heavy atom. The van der Waals surface area contributed by atoms with Crippen LogP contribution in [0.4, 0.5) is 13.2 Å². The highest BCUT2D eigenvalue weighted by atomic mass is 35.5.